The van der Waals surface area contributed by atoms with Gasteiger partial charge in [-0.2, -0.15) is 19.9 Å². The van der Waals surface area contributed by atoms with Gasteiger partial charge >= 0.3 is 6.03 Å². The number of nitrogens with zero attached hydrogens (tertiary/aromatic N) is 13. The second-order valence-corrected chi connectivity index (χ2v) is 19.4. The van der Waals surface area contributed by atoms with Crippen molar-refractivity contribution >= 4 is 63.7 Å². The van der Waals surface area contributed by atoms with Crippen LogP contribution in [-0.2, 0) is 46.0 Å². The first-order valence-corrected chi connectivity index (χ1v) is 25.6. The van der Waals surface area contributed by atoms with Crippen LogP contribution >= 0.6 is 0 Å². The van der Waals surface area contributed by atoms with Crippen molar-refractivity contribution in [3.63, 3.8) is 0 Å². The van der Waals surface area contributed by atoms with E-state index >= 15 is 0 Å². The number of fused-ring (bicyclic) bond motifs is 2. The Kier molecular flexibility index (Phi) is 15.0. The highest BCUT2D eigenvalue weighted by molar-refractivity contribution is 5.86. The van der Waals surface area contributed by atoms with Gasteiger partial charge in [-0.05, 0) is 58.8 Å². The third kappa shape index (κ3) is 11.0. The van der Waals surface area contributed by atoms with Gasteiger partial charge in [0.2, 0.25) is 17.8 Å². The van der Waals surface area contributed by atoms with E-state index in [1.54, 1.807) is 30.8 Å². The van der Waals surface area contributed by atoms with Crippen LogP contribution in [-0.4, -0.2) is 173 Å². The van der Waals surface area contributed by atoms with Gasteiger partial charge in [0, 0.05) is 96.7 Å². The van der Waals surface area contributed by atoms with Gasteiger partial charge in [0.05, 0.1) is 36.7 Å². The van der Waals surface area contributed by atoms with Crippen molar-refractivity contribution in [2.24, 2.45) is 14.1 Å². The zero-order valence-corrected chi connectivity index (χ0v) is 42.0. The summed E-state index contributed by atoms with van der Waals surface area (Å²) in [6.07, 6.45) is 10.5. The smallest absolute Gasteiger partial charge is 0.317 e. The summed E-state index contributed by atoms with van der Waals surface area (Å²) in [6, 6.07) is -0.272. The molecule has 10 rings (SSSR count). The third-order valence-corrected chi connectivity index (χ3v) is 14.0. The average molecular weight is 1020 g/mol. The highest BCUT2D eigenvalue weighted by Gasteiger charge is 2.48. The van der Waals surface area contributed by atoms with E-state index in [9.17, 15) is 24.6 Å². The van der Waals surface area contributed by atoms with Crippen molar-refractivity contribution in [2.45, 2.75) is 127 Å². The van der Waals surface area contributed by atoms with E-state index in [-0.39, 0.29) is 36.0 Å². The molecule has 396 valence electrons. The van der Waals surface area contributed by atoms with Crippen LogP contribution in [0.5, 0.6) is 0 Å². The van der Waals surface area contributed by atoms with E-state index < -0.39 is 42.8 Å². The van der Waals surface area contributed by atoms with Crippen molar-refractivity contribution in [1.29, 1.82) is 0 Å². The van der Waals surface area contributed by atoms with Crippen LogP contribution in [0, 0.1) is 0 Å². The summed E-state index contributed by atoms with van der Waals surface area (Å²) in [5.41, 5.74) is 3.74. The Bertz CT molecular complexity index is 2930. The summed E-state index contributed by atoms with van der Waals surface area (Å²) in [4.78, 5) is 78.5. The Morgan fingerprint density at radius 2 is 1.23 bits per heavy atom. The Labute approximate surface area is 426 Å². The number of anilines is 4. The zero-order chi connectivity index (χ0) is 51.5. The number of aromatic nitrogens is 12. The van der Waals surface area contributed by atoms with E-state index in [4.69, 9.17) is 34.4 Å². The number of carbonyl (C=O) groups excluding carboxylic acids is 3. The van der Waals surface area contributed by atoms with Gasteiger partial charge in [-0.1, -0.05) is 0 Å². The zero-order valence-electron chi connectivity index (χ0n) is 42.0. The van der Waals surface area contributed by atoms with Crippen molar-refractivity contribution in [3.8, 4) is 0 Å². The number of imidazole rings is 4. The van der Waals surface area contributed by atoms with Crippen LogP contribution in [0.25, 0.3) is 22.3 Å². The van der Waals surface area contributed by atoms with E-state index in [1.807, 2.05) is 47.1 Å². The molecular formula is C47H66N20O7. The minimum absolute atomic E-state index is 0.0251. The van der Waals surface area contributed by atoms with Crippen LogP contribution in [0.2, 0.25) is 0 Å². The fourth-order valence-electron chi connectivity index (χ4n) is 10.2. The quantitative estimate of drug-likeness (QED) is 0.0545. The Hall–Kier alpha value is -7.23. The molecule has 3 saturated heterocycles. The first-order chi connectivity index (χ1) is 35.9. The van der Waals surface area contributed by atoms with E-state index in [0.717, 1.165) is 37.1 Å². The molecule has 1 saturated carbocycles. The van der Waals surface area contributed by atoms with Gasteiger partial charge in [-0.25, -0.2) is 24.7 Å². The second-order valence-electron chi connectivity index (χ2n) is 19.4. The van der Waals surface area contributed by atoms with Crippen LogP contribution in [0.15, 0.2) is 37.7 Å². The Morgan fingerprint density at radius 3 is 1.84 bits per heavy atom. The van der Waals surface area contributed by atoms with E-state index in [1.165, 1.54) is 10.9 Å². The number of aliphatic hydroxyl groups is 2. The lowest BCUT2D eigenvalue weighted by Crippen LogP contribution is -2.46. The van der Waals surface area contributed by atoms with Crippen LogP contribution in [0.4, 0.5) is 28.3 Å². The summed E-state index contributed by atoms with van der Waals surface area (Å²) in [5.74, 6) is 1.07. The number of likely N-dealkylation sites (N-methyl/N-ethyl adjacent to an activating group) is 2. The standard InChI is InChI=1S/C47H66N20O7/c1-5-48-42(70)31-11-12-32(73-31)66-24-54-33-38(59-45(61-40(33)66)50-16-13-28-19-63(3)22-52-28)56-26-7-9-27(10-8-26)58-47(72)65-18-15-30(21-65)57-39-34-41(62-46(60-39)51-17-14-29-20-64(4)23-53-29)67(25-55-34)44-36(69)35(68)37(74-44)43(71)49-6-2/h19-20,22-27,30-32,35-37,44,68-69H,5-18,21H2,1-4H3,(H,48,70)(H,49,71)(H,58,72)(H2,50,56,59,61)(H2,51,57,60,62)/t26?,27?,30-,31+,32-,35+,36-,37+,44-/m1/s1. The van der Waals surface area contributed by atoms with Crippen LogP contribution < -0.4 is 37.2 Å². The van der Waals surface area contributed by atoms with Crippen molar-refractivity contribution in [3.05, 3.63) is 49.1 Å². The minimum atomic E-state index is -1.48. The van der Waals surface area contributed by atoms with Gasteiger partial charge in [0.25, 0.3) is 5.91 Å². The molecule has 4 fully saturated rings. The second kappa shape index (κ2) is 22.1. The lowest BCUT2D eigenvalue weighted by molar-refractivity contribution is -0.137. The number of aryl methyl sites for hydroxylation is 2. The molecule has 9 heterocycles. The van der Waals surface area contributed by atoms with Crippen molar-refractivity contribution in [2.75, 3.05) is 60.5 Å². The molecule has 6 aromatic heterocycles. The molecule has 3 aliphatic heterocycles. The number of hydrogen-bond acceptors (Lipinski definition) is 19. The Balaban J connectivity index is 0.773. The molecule has 74 heavy (non-hydrogen) atoms. The number of likely N-dealkylation sites (tertiary alicyclic amines) is 1. The highest BCUT2D eigenvalue weighted by atomic mass is 16.6. The number of rotatable bonds is 19. The highest BCUT2D eigenvalue weighted by Crippen LogP contribution is 2.35. The van der Waals surface area contributed by atoms with Crippen LogP contribution in [0.1, 0.15) is 82.6 Å². The fourth-order valence-corrected chi connectivity index (χ4v) is 10.2. The minimum Gasteiger partial charge on any atom is -0.387 e. The molecule has 0 aromatic carbocycles. The molecule has 0 bridgehead atoms. The number of ether oxygens (including phenoxy) is 2. The van der Waals surface area contributed by atoms with Gasteiger partial charge in [-0.15, -0.1) is 0 Å². The first kappa shape index (κ1) is 50.3. The monoisotopic (exact) mass is 1020 g/mol. The topological polar surface area (TPSA) is 320 Å². The molecule has 4 aliphatic rings. The molecule has 9 N–H and O–H groups in total. The normalized spacial score (nSPS) is 24.9. The lowest BCUT2D eigenvalue weighted by Gasteiger charge is -2.31. The molecule has 4 amide bonds. The van der Waals surface area contributed by atoms with Crippen molar-refractivity contribution < 1.29 is 34.1 Å². The summed E-state index contributed by atoms with van der Waals surface area (Å²) in [6.45, 7) is 6.46. The maximum atomic E-state index is 13.8. The maximum Gasteiger partial charge on any atom is 0.317 e. The fraction of sp³-hybridized carbons (Fsp3) is 0.596. The molecule has 0 spiro atoms. The molecule has 1 aliphatic carbocycles. The largest absolute Gasteiger partial charge is 0.387 e. The number of nitrogens with one attached hydrogen (secondary N) is 7. The van der Waals surface area contributed by atoms with E-state index in [2.05, 4.69) is 52.2 Å². The summed E-state index contributed by atoms with van der Waals surface area (Å²) in [7, 11) is 3.84. The number of hydrogen-bond donors (Lipinski definition) is 9. The SMILES string of the molecule is CCNC(=O)[C@@H]1CC[C@H](n2cnc3c(NC4CCC(NC(=O)N5CC[C@@H](Nc6nc(NCCc7cn(C)cn7)nc7c6ncn7[C@@H]6O[C@H](C(=O)NCC)[C@@H](O)[C@H]6O)C5)CC4)nc(NCCc4cn(C)cn4)nc32)O1. The van der Waals surface area contributed by atoms with Gasteiger partial charge in [0.1, 0.15) is 24.5 Å². The summed E-state index contributed by atoms with van der Waals surface area (Å²) < 4.78 is 19.3. The summed E-state index contributed by atoms with van der Waals surface area (Å²) in [5, 5.41) is 44.5. The molecular weight excluding hydrogens is 957 g/mol. The number of urea groups is 1. The van der Waals surface area contributed by atoms with Gasteiger partial charge in [0.15, 0.2) is 46.3 Å². The van der Waals surface area contributed by atoms with Gasteiger partial charge < -0.3 is 70.9 Å². The number of carbonyl (C=O) groups is 3. The molecule has 0 unspecified atom stereocenters. The van der Waals surface area contributed by atoms with Crippen LogP contribution in [0.3, 0.4) is 0 Å². The number of aliphatic hydroxyl groups excluding tert-OH is 2. The maximum absolute atomic E-state index is 13.8. The predicted octanol–water partition coefficient (Wildman–Crippen LogP) is 0.930. The third-order valence-electron chi connectivity index (χ3n) is 14.0. The molecule has 0 radical (unpaired) electrons. The molecule has 27 nitrogen and oxygen atoms in total. The number of amides is 4. The molecule has 27 heteroatoms. The molecule has 6 aromatic rings. The Morgan fingerprint density at radius 1 is 0.649 bits per heavy atom. The van der Waals surface area contributed by atoms with E-state index in [0.29, 0.717) is 111 Å². The predicted molar refractivity (Wildman–Crippen MR) is 270 cm³/mol. The average Bonchev–Trinajstić information content (AvgIpc) is 4.27. The first-order valence-electron chi connectivity index (χ1n) is 25.6. The lowest BCUT2D eigenvalue weighted by atomic mass is 9.91. The summed E-state index contributed by atoms with van der Waals surface area (Å²) >= 11 is 0. The molecule has 7 atom stereocenters. The van der Waals surface area contributed by atoms with Crippen molar-refractivity contribution in [1.82, 2.24) is 79.0 Å². The van der Waals surface area contributed by atoms with Gasteiger partial charge in [-0.3, -0.25) is 18.7 Å².